The Balaban J connectivity index is 1.89. The molecule has 0 spiro atoms. The average molecular weight is 244 g/mol. The number of nitrogens with zero attached hydrogens (tertiary/aromatic N) is 1. The standard InChI is InChI=1S/C13H28N2S/c1-13(2)14-7-4-3-5-8-15-9-6-11-16-12-10-15/h13-14H,3-12H2,1-2H3. The Labute approximate surface area is 106 Å². The first kappa shape index (κ1) is 14.3. The highest BCUT2D eigenvalue weighted by molar-refractivity contribution is 7.99. The maximum Gasteiger partial charge on any atom is 0.00723 e. The molecule has 1 fully saturated rings. The first-order valence-corrected chi connectivity index (χ1v) is 7.98. The topological polar surface area (TPSA) is 15.3 Å². The predicted molar refractivity (Wildman–Crippen MR) is 75.4 cm³/mol. The van der Waals surface area contributed by atoms with Gasteiger partial charge in [0.15, 0.2) is 0 Å². The molecule has 0 unspecified atom stereocenters. The molecule has 1 saturated heterocycles. The molecule has 0 aromatic carbocycles. The summed E-state index contributed by atoms with van der Waals surface area (Å²) in [5.41, 5.74) is 0. The largest absolute Gasteiger partial charge is 0.315 e. The van der Waals surface area contributed by atoms with E-state index in [0.717, 1.165) is 0 Å². The van der Waals surface area contributed by atoms with Gasteiger partial charge in [0.25, 0.3) is 0 Å². The third-order valence-electron chi connectivity index (χ3n) is 3.02. The Hall–Kier alpha value is 0.270. The SMILES string of the molecule is CC(C)NCCCCCN1CCCSCC1. The third-order valence-corrected chi connectivity index (χ3v) is 4.07. The Morgan fingerprint density at radius 3 is 2.81 bits per heavy atom. The van der Waals surface area contributed by atoms with E-state index in [4.69, 9.17) is 0 Å². The zero-order chi connectivity index (χ0) is 11.6. The lowest BCUT2D eigenvalue weighted by molar-refractivity contribution is 0.287. The summed E-state index contributed by atoms with van der Waals surface area (Å²) in [5, 5.41) is 3.48. The molecule has 1 aliphatic rings. The van der Waals surface area contributed by atoms with Crippen molar-refractivity contribution in [1.29, 1.82) is 0 Å². The van der Waals surface area contributed by atoms with Crippen molar-refractivity contribution in [3.63, 3.8) is 0 Å². The van der Waals surface area contributed by atoms with Crippen molar-refractivity contribution in [1.82, 2.24) is 10.2 Å². The van der Waals surface area contributed by atoms with Crippen LogP contribution in [-0.2, 0) is 0 Å². The normalized spacial score (nSPS) is 18.9. The highest BCUT2D eigenvalue weighted by Gasteiger charge is 2.07. The van der Waals surface area contributed by atoms with Gasteiger partial charge >= 0.3 is 0 Å². The molecule has 0 aliphatic carbocycles. The van der Waals surface area contributed by atoms with E-state index in [-0.39, 0.29) is 0 Å². The summed E-state index contributed by atoms with van der Waals surface area (Å²) in [6.45, 7) is 9.59. The van der Waals surface area contributed by atoms with Gasteiger partial charge in [0, 0.05) is 18.3 Å². The number of hydrogen-bond acceptors (Lipinski definition) is 3. The number of thioether (sulfide) groups is 1. The lowest BCUT2D eigenvalue weighted by Gasteiger charge is -2.19. The molecule has 0 aromatic rings. The van der Waals surface area contributed by atoms with Crippen LogP contribution in [0.2, 0.25) is 0 Å². The van der Waals surface area contributed by atoms with Crippen molar-refractivity contribution < 1.29 is 0 Å². The molecule has 0 saturated carbocycles. The monoisotopic (exact) mass is 244 g/mol. The van der Waals surface area contributed by atoms with Crippen LogP contribution in [-0.4, -0.2) is 48.6 Å². The van der Waals surface area contributed by atoms with Crippen LogP contribution < -0.4 is 5.32 Å². The summed E-state index contributed by atoms with van der Waals surface area (Å²) in [5.74, 6) is 2.71. The van der Waals surface area contributed by atoms with Gasteiger partial charge in [0.1, 0.15) is 0 Å². The van der Waals surface area contributed by atoms with Gasteiger partial charge in [0.05, 0.1) is 0 Å². The van der Waals surface area contributed by atoms with Crippen molar-refractivity contribution in [2.75, 3.05) is 37.7 Å². The highest BCUT2D eigenvalue weighted by atomic mass is 32.2. The summed E-state index contributed by atoms with van der Waals surface area (Å²) in [6, 6.07) is 0.641. The fourth-order valence-corrected chi connectivity index (χ4v) is 2.97. The van der Waals surface area contributed by atoms with Crippen molar-refractivity contribution in [2.45, 2.75) is 45.6 Å². The third kappa shape index (κ3) is 7.53. The van der Waals surface area contributed by atoms with Crippen molar-refractivity contribution in [2.24, 2.45) is 0 Å². The lowest BCUT2D eigenvalue weighted by Crippen LogP contribution is -2.27. The average Bonchev–Trinajstić information content (AvgIpc) is 2.51. The van der Waals surface area contributed by atoms with Crippen molar-refractivity contribution in [3.05, 3.63) is 0 Å². The van der Waals surface area contributed by atoms with Crippen LogP contribution in [0.15, 0.2) is 0 Å². The minimum absolute atomic E-state index is 0.641. The predicted octanol–water partition coefficient (Wildman–Crippen LogP) is 2.59. The summed E-state index contributed by atoms with van der Waals surface area (Å²) < 4.78 is 0. The number of rotatable bonds is 7. The quantitative estimate of drug-likeness (QED) is 0.693. The molecule has 2 nitrogen and oxygen atoms in total. The molecular formula is C13H28N2S. The van der Waals surface area contributed by atoms with E-state index in [1.807, 2.05) is 0 Å². The van der Waals surface area contributed by atoms with Gasteiger partial charge < -0.3 is 10.2 Å². The van der Waals surface area contributed by atoms with Crippen molar-refractivity contribution in [3.8, 4) is 0 Å². The fraction of sp³-hybridized carbons (Fsp3) is 1.00. The maximum absolute atomic E-state index is 3.48. The summed E-state index contributed by atoms with van der Waals surface area (Å²) in [4.78, 5) is 2.65. The summed E-state index contributed by atoms with van der Waals surface area (Å²) in [6.07, 6.45) is 5.48. The van der Waals surface area contributed by atoms with Gasteiger partial charge in [-0.2, -0.15) is 11.8 Å². The van der Waals surface area contributed by atoms with Crippen LogP contribution >= 0.6 is 11.8 Å². The highest BCUT2D eigenvalue weighted by Crippen LogP contribution is 2.10. The Morgan fingerprint density at radius 1 is 1.12 bits per heavy atom. The van der Waals surface area contributed by atoms with Crippen LogP contribution in [0.5, 0.6) is 0 Å². The molecule has 0 amide bonds. The molecule has 0 bridgehead atoms. The van der Waals surface area contributed by atoms with Gasteiger partial charge in [-0.3, -0.25) is 0 Å². The first-order chi connectivity index (χ1) is 7.79. The van der Waals surface area contributed by atoms with E-state index < -0.39 is 0 Å². The maximum atomic E-state index is 3.48. The van der Waals surface area contributed by atoms with Crippen LogP contribution in [0.1, 0.15) is 39.5 Å². The van der Waals surface area contributed by atoms with E-state index in [9.17, 15) is 0 Å². The van der Waals surface area contributed by atoms with Crippen molar-refractivity contribution >= 4 is 11.8 Å². The molecule has 1 aliphatic heterocycles. The van der Waals surface area contributed by atoms with E-state index in [1.165, 1.54) is 63.4 Å². The molecule has 96 valence electrons. The second-order valence-corrected chi connectivity index (χ2v) is 6.20. The molecule has 1 N–H and O–H groups in total. The Morgan fingerprint density at radius 2 is 2.00 bits per heavy atom. The van der Waals surface area contributed by atoms with Gasteiger partial charge in [-0.25, -0.2) is 0 Å². The smallest absolute Gasteiger partial charge is 0.00723 e. The zero-order valence-corrected chi connectivity index (χ0v) is 11.8. The van der Waals surface area contributed by atoms with Gasteiger partial charge in [-0.05, 0) is 44.6 Å². The van der Waals surface area contributed by atoms with Gasteiger partial charge in [-0.1, -0.05) is 20.3 Å². The molecule has 0 aromatic heterocycles. The molecule has 3 heteroatoms. The molecule has 16 heavy (non-hydrogen) atoms. The van der Waals surface area contributed by atoms with E-state index >= 15 is 0 Å². The first-order valence-electron chi connectivity index (χ1n) is 6.82. The number of unbranched alkanes of at least 4 members (excludes halogenated alkanes) is 2. The van der Waals surface area contributed by atoms with Gasteiger partial charge in [-0.15, -0.1) is 0 Å². The summed E-state index contributed by atoms with van der Waals surface area (Å²) in [7, 11) is 0. The van der Waals surface area contributed by atoms with Crippen LogP contribution in [0, 0.1) is 0 Å². The zero-order valence-electron chi connectivity index (χ0n) is 11.0. The van der Waals surface area contributed by atoms with Crippen LogP contribution in [0.4, 0.5) is 0 Å². The number of nitrogens with one attached hydrogen (secondary N) is 1. The Bertz CT molecular complexity index is 154. The van der Waals surface area contributed by atoms with E-state index in [1.54, 1.807) is 0 Å². The molecular weight excluding hydrogens is 216 g/mol. The number of hydrogen-bond donors (Lipinski definition) is 1. The second kappa shape index (κ2) is 9.32. The van der Waals surface area contributed by atoms with Crippen LogP contribution in [0.25, 0.3) is 0 Å². The fourth-order valence-electron chi connectivity index (χ4n) is 2.05. The van der Waals surface area contributed by atoms with Gasteiger partial charge in [0.2, 0.25) is 0 Å². The van der Waals surface area contributed by atoms with Crippen LogP contribution in [0.3, 0.4) is 0 Å². The van der Waals surface area contributed by atoms with E-state index in [0.29, 0.717) is 6.04 Å². The molecule has 0 atom stereocenters. The minimum atomic E-state index is 0.641. The molecule has 0 radical (unpaired) electrons. The summed E-state index contributed by atoms with van der Waals surface area (Å²) >= 11 is 2.12. The minimum Gasteiger partial charge on any atom is -0.315 e. The molecule has 1 heterocycles. The second-order valence-electron chi connectivity index (χ2n) is 4.98. The lowest BCUT2D eigenvalue weighted by atomic mass is 10.2. The van der Waals surface area contributed by atoms with E-state index in [2.05, 4.69) is 35.8 Å². The molecule has 1 rings (SSSR count). The Kier molecular flexibility index (Phi) is 8.34.